The van der Waals surface area contributed by atoms with Gasteiger partial charge in [0.05, 0.1) is 6.04 Å². The van der Waals surface area contributed by atoms with Crippen molar-refractivity contribution < 1.29 is 4.79 Å². The largest absolute Gasteiger partial charge is 0.341 e. The molecular weight excluding hydrogens is 212 g/mol. The number of carbonyl (C=O) groups is 1. The number of likely N-dealkylation sites (N-methyl/N-ethyl adjacent to an activating group) is 1. The molecule has 1 N–H and O–H groups in total. The quantitative estimate of drug-likeness (QED) is 0.760. The summed E-state index contributed by atoms with van der Waals surface area (Å²) in [6.45, 7) is 5.01. The molecule has 3 rings (SSSR count). The third kappa shape index (κ3) is 2.49. The summed E-state index contributed by atoms with van der Waals surface area (Å²) >= 11 is 0. The van der Waals surface area contributed by atoms with Gasteiger partial charge in [-0.1, -0.05) is 6.92 Å². The molecule has 1 heterocycles. The lowest BCUT2D eigenvalue weighted by atomic mass is 9.97. The Morgan fingerprint density at radius 1 is 1.24 bits per heavy atom. The van der Waals surface area contributed by atoms with E-state index in [1.807, 2.05) is 0 Å². The van der Waals surface area contributed by atoms with Crippen molar-refractivity contribution in [1.29, 1.82) is 0 Å². The molecular formula is C14H24N2O. The predicted octanol–water partition coefficient (Wildman–Crippen LogP) is 1.63. The van der Waals surface area contributed by atoms with Crippen LogP contribution in [0.5, 0.6) is 0 Å². The first-order valence-corrected chi connectivity index (χ1v) is 7.31. The van der Waals surface area contributed by atoms with Gasteiger partial charge in [-0.3, -0.25) is 4.79 Å². The number of carbonyl (C=O) groups excluding carboxylic acids is 1. The summed E-state index contributed by atoms with van der Waals surface area (Å²) in [5.41, 5.74) is 0. The normalized spacial score (nSPS) is 29.4. The molecule has 0 aromatic heterocycles. The summed E-state index contributed by atoms with van der Waals surface area (Å²) in [5, 5.41) is 3.30. The monoisotopic (exact) mass is 236 g/mol. The molecule has 3 heteroatoms. The van der Waals surface area contributed by atoms with Crippen LogP contribution in [0.2, 0.25) is 0 Å². The van der Waals surface area contributed by atoms with Crippen LogP contribution in [-0.2, 0) is 4.79 Å². The molecule has 2 aliphatic carbocycles. The summed E-state index contributed by atoms with van der Waals surface area (Å²) in [7, 11) is 0. The van der Waals surface area contributed by atoms with Gasteiger partial charge in [-0.2, -0.15) is 0 Å². The highest BCUT2D eigenvalue weighted by Gasteiger charge is 2.43. The van der Waals surface area contributed by atoms with Crippen molar-refractivity contribution in [2.24, 2.45) is 17.8 Å². The molecule has 0 aromatic carbocycles. The molecule has 2 saturated carbocycles. The van der Waals surface area contributed by atoms with Crippen LogP contribution in [-0.4, -0.2) is 36.5 Å². The Kier molecular flexibility index (Phi) is 3.12. The lowest BCUT2D eigenvalue weighted by Gasteiger charge is -2.24. The third-order valence-corrected chi connectivity index (χ3v) is 4.63. The first-order valence-electron chi connectivity index (χ1n) is 7.31. The van der Waals surface area contributed by atoms with Crippen molar-refractivity contribution in [1.82, 2.24) is 10.2 Å². The lowest BCUT2D eigenvalue weighted by Crippen LogP contribution is -2.40. The molecule has 3 fully saturated rings. The van der Waals surface area contributed by atoms with E-state index in [0.29, 0.717) is 5.91 Å². The number of amides is 1. The minimum atomic E-state index is 0.110. The second-order valence-corrected chi connectivity index (χ2v) is 6.02. The molecule has 0 radical (unpaired) electrons. The topological polar surface area (TPSA) is 32.3 Å². The fourth-order valence-corrected chi connectivity index (χ4v) is 3.34. The van der Waals surface area contributed by atoms with Crippen LogP contribution in [0.25, 0.3) is 0 Å². The Balaban J connectivity index is 1.55. The van der Waals surface area contributed by atoms with Gasteiger partial charge in [0.2, 0.25) is 5.91 Å². The minimum Gasteiger partial charge on any atom is -0.341 e. The van der Waals surface area contributed by atoms with Crippen LogP contribution < -0.4 is 5.32 Å². The van der Waals surface area contributed by atoms with Crippen molar-refractivity contribution >= 4 is 5.91 Å². The van der Waals surface area contributed by atoms with Gasteiger partial charge in [0, 0.05) is 13.1 Å². The lowest BCUT2D eigenvalue weighted by molar-refractivity contribution is -0.130. The van der Waals surface area contributed by atoms with Crippen molar-refractivity contribution in [2.45, 2.75) is 45.1 Å². The van der Waals surface area contributed by atoms with Crippen LogP contribution in [0.1, 0.15) is 39.0 Å². The zero-order chi connectivity index (χ0) is 11.8. The highest BCUT2D eigenvalue weighted by atomic mass is 16.2. The number of nitrogens with one attached hydrogen (secondary N) is 1. The molecule has 1 unspecified atom stereocenters. The highest BCUT2D eigenvalue weighted by molar-refractivity contribution is 5.84. The van der Waals surface area contributed by atoms with Gasteiger partial charge < -0.3 is 10.2 Å². The zero-order valence-corrected chi connectivity index (χ0v) is 10.8. The van der Waals surface area contributed by atoms with E-state index >= 15 is 0 Å². The molecule has 0 spiro atoms. The van der Waals surface area contributed by atoms with Gasteiger partial charge in [0.15, 0.2) is 0 Å². The van der Waals surface area contributed by atoms with Gasteiger partial charge >= 0.3 is 0 Å². The van der Waals surface area contributed by atoms with Crippen molar-refractivity contribution in [2.75, 3.05) is 19.6 Å². The third-order valence-electron chi connectivity index (χ3n) is 4.63. The van der Waals surface area contributed by atoms with Crippen molar-refractivity contribution in [3.8, 4) is 0 Å². The van der Waals surface area contributed by atoms with Gasteiger partial charge in [0.25, 0.3) is 0 Å². The van der Waals surface area contributed by atoms with E-state index in [4.69, 9.17) is 0 Å². The molecule has 1 atom stereocenters. The molecule has 1 aliphatic heterocycles. The van der Waals surface area contributed by atoms with Gasteiger partial charge in [-0.25, -0.2) is 0 Å². The Bertz CT molecular complexity index is 285. The Morgan fingerprint density at radius 3 is 2.41 bits per heavy atom. The number of rotatable bonds is 6. The molecule has 1 amide bonds. The fraction of sp³-hybridized carbons (Fsp3) is 0.929. The zero-order valence-electron chi connectivity index (χ0n) is 10.8. The van der Waals surface area contributed by atoms with Crippen LogP contribution in [0, 0.1) is 17.8 Å². The number of hydrogen-bond acceptors (Lipinski definition) is 2. The maximum absolute atomic E-state index is 12.2. The van der Waals surface area contributed by atoms with Crippen LogP contribution in [0.3, 0.4) is 0 Å². The van der Waals surface area contributed by atoms with Crippen molar-refractivity contribution in [3.63, 3.8) is 0 Å². The van der Waals surface area contributed by atoms with Crippen LogP contribution >= 0.6 is 0 Å². The predicted molar refractivity (Wildman–Crippen MR) is 67.6 cm³/mol. The summed E-state index contributed by atoms with van der Waals surface area (Å²) in [4.78, 5) is 14.3. The van der Waals surface area contributed by atoms with Gasteiger partial charge in [-0.15, -0.1) is 0 Å². The molecule has 3 nitrogen and oxygen atoms in total. The van der Waals surface area contributed by atoms with E-state index in [1.54, 1.807) is 0 Å². The number of nitrogens with zero attached hydrogens (tertiary/aromatic N) is 1. The molecule has 17 heavy (non-hydrogen) atoms. The van der Waals surface area contributed by atoms with Crippen LogP contribution in [0.15, 0.2) is 0 Å². The van der Waals surface area contributed by atoms with Crippen molar-refractivity contribution in [3.05, 3.63) is 0 Å². The molecule has 3 aliphatic rings. The molecule has 0 aromatic rings. The van der Waals surface area contributed by atoms with Crippen LogP contribution in [0.4, 0.5) is 0 Å². The smallest absolute Gasteiger partial charge is 0.239 e. The second-order valence-electron chi connectivity index (χ2n) is 6.02. The van der Waals surface area contributed by atoms with Gasteiger partial charge in [0.1, 0.15) is 0 Å². The second kappa shape index (κ2) is 4.60. The van der Waals surface area contributed by atoms with Gasteiger partial charge in [-0.05, 0) is 56.4 Å². The first-order chi connectivity index (χ1) is 8.29. The fourth-order valence-electron chi connectivity index (χ4n) is 3.34. The molecule has 96 valence electrons. The van der Waals surface area contributed by atoms with E-state index in [0.717, 1.165) is 43.8 Å². The summed E-state index contributed by atoms with van der Waals surface area (Å²) < 4.78 is 0. The molecule has 1 saturated heterocycles. The first kappa shape index (κ1) is 11.5. The summed E-state index contributed by atoms with van der Waals surface area (Å²) in [6.07, 6.45) is 6.67. The average molecular weight is 236 g/mol. The Hall–Kier alpha value is -0.570. The maximum Gasteiger partial charge on any atom is 0.239 e. The number of hydrogen-bond donors (Lipinski definition) is 1. The van der Waals surface area contributed by atoms with E-state index in [1.165, 1.54) is 25.7 Å². The number of likely N-dealkylation sites (tertiary alicyclic amines) is 1. The molecule has 0 bridgehead atoms. The summed E-state index contributed by atoms with van der Waals surface area (Å²) in [6, 6.07) is 0.110. The summed E-state index contributed by atoms with van der Waals surface area (Å²) in [5.74, 6) is 3.10. The Morgan fingerprint density at radius 2 is 1.88 bits per heavy atom. The van der Waals surface area contributed by atoms with E-state index < -0.39 is 0 Å². The van der Waals surface area contributed by atoms with E-state index in [-0.39, 0.29) is 6.04 Å². The average Bonchev–Trinajstić information content (AvgIpc) is 3.21. The van der Waals surface area contributed by atoms with E-state index in [2.05, 4.69) is 17.1 Å². The standard InChI is InChI=1S/C14H24N2O/c1-2-15-13-7-8-16(14(13)17)9-12(10-3-4-10)11-5-6-11/h10-13,15H,2-9H2,1H3. The minimum absolute atomic E-state index is 0.110. The maximum atomic E-state index is 12.2. The Labute approximate surface area is 104 Å². The van der Waals surface area contributed by atoms with E-state index in [9.17, 15) is 4.79 Å². The SMILES string of the molecule is CCNC1CCN(CC(C2CC2)C2CC2)C1=O. The highest BCUT2D eigenvalue weighted by Crippen LogP contribution is 2.49.